The minimum absolute atomic E-state index is 0.104. The van der Waals surface area contributed by atoms with Gasteiger partial charge in [-0.1, -0.05) is 76.9 Å². The monoisotopic (exact) mass is 680 g/mol. The van der Waals surface area contributed by atoms with Gasteiger partial charge >= 0.3 is 12.0 Å². The summed E-state index contributed by atoms with van der Waals surface area (Å²) in [6.07, 6.45) is 1.35. The van der Waals surface area contributed by atoms with Crippen molar-refractivity contribution in [2.75, 3.05) is 11.9 Å². The van der Waals surface area contributed by atoms with E-state index in [9.17, 15) is 24.8 Å². The zero-order valence-electron chi connectivity index (χ0n) is 29.1. The van der Waals surface area contributed by atoms with Gasteiger partial charge in [0, 0.05) is 16.8 Å². The maximum Gasteiger partial charge on any atom is 0.490 e. The summed E-state index contributed by atoms with van der Waals surface area (Å²) in [6.45, 7) is 17.1. The Bertz CT molecular complexity index is 1580. The third kappa shape index (κ3) is 8.04. The van der Waals surface area contributed by atoms with Crippen LogP contribution in [0.15, 0.2) is 60.9 Å². The first-order chi connectivity index (χ1) is 22.3. The summed E-state index contributed by atoms with van der Waals surface area (Å²) in [4.78, 5) is 41.1. The van der Waals surface area contributed by atoms with Gasteiger partial charge in [0.15, 0.2) is 8.32 Å². The number of carboxylic acid groups (broad SMARTS) is 1. The van der Waals surface area contributed by atoms with E-state index >= 15 is 0 Å². The number of nitro groups is 1. The lowest BCUT2D eigenvalue weighted by Gasteiger charge is -2.54. The van der Waals surface area contributed by atoms with Crippen LogP contribution in [-0.2, 0) is 22.2 Å². The Morgan fingerprint density at radius 1 is 1.10 bits per heavy atom. The zero-order chi connectivity index (χ0) is 35.5. The molecule has 48 heavy (non-hydrogen) atoms. The Labute approximate surface area is 282 Å². The van der Waals surface area contributed by atoms with E-state index in [2.05, 4.69) is 70.0 Å². The summed E-state index contributed by atoms with van der Waals surface area (Å²) in [5.74, 6) is -0.293. The van der Waals surface area contributed by atoms with Crippen LogP contribution in [-0.4, -0.2) is 74.3 Å². The number of para-hydroxylation sites is 1. The molecule has 0 unspecified atom stereocenters. The van der Waals surface area contributed by atoms with Gasteiger partial charge in [-0.25, -0.2) is 4.79 Å². The van der Waals surface area contributed by atoms with Gasteiger partial charge < -0.3 is 29.7 Å². The van der Waals surface area contributed by atoms with Gasteiger partial charge in [0.2, 0.25) is 12.2 Å². The highest BCUT2D eigenvalue weighted by atomic mass is 28.4. The number of carbonyl (C=O) groups is 2. The smallest absolute Gasteiger partial charge is 0.490 e. The SMILES string of the molecule is CC(C)(C)[C@@]1([C@@H](COc2ccccc2)O[Si](C)(C)C(C)(C)C)CC[C@@H](Cc2ccc(NC(=O)Cn3cnc([N+](=O)[O-])n3)cc2)N1C(=O)O. The first kappa shape index (κ1) is 36.5. The molecule has 4 rings (SSSR count). The second-order valence-electron chi connectivity index (χ2n) is 15.0. The van der Waals surface area contributed by atoms with E-state index in [4.69, 9.17) is 9.16 Å². The fraction of sp³-hybridized carbons (Fsp3) is 0.529. The number of rotatable bonds is 12. The van der Waals surface area contributed by atoms with Crippen LogP contribution in [0.1, 0.15) is 59.9 Å². The molecule has 3 atom stereocenters. The topological polar surface area (TPSA) is 162 Å². The van der Waals surface area contributed by atoms with Gasteiger partial charge in [-0.15, -0.1) is 0 Å². The molecular weight excluding hydrogens is 632 g/mol. The Balaban J connectivity index is 1.57. The van der Waals surface area contributed by atoms with Gasteiger partial charge in [0.05, 0.1) is 5.54 Å². The van der Waals surface area contributed by atoms with Crippen molar-refractivity contribution < 1.29 is 28.8 Å². The van der Waals surface area contributed by atoms with Crippen molar-refractivity contribution >= 4 is 32.0 Å². The number of nitrogens with zero attached hydrogens (tertiary/aromatic N) is 5. The Kier molecular flexibility index (Phi) is 10.7. The van der Waals surface area contributed by atoms with Crippen molar-refractivity contribution in [3.63, 3.8) is 0 Å². The molecule has 1 fully saturated rings. The number of hydrogen-bond acceptors (Lipinski definition) is 8. The van der Waals surface area contributed by atoms with Crippen molar-refractivity contribution in [2.24, 2.45) is 5.41 Å². The fourth-order valence-corrected chi connectivity index (χ4v) is 7.62. The maximum absolute atomic E-state index is 13.3. The van der Waals surface area contributed by atoms with Crippen LogP contribution in [0.5, 0.6) is 5.75 Å². The minimum atomic E-state index is -2.38. The lowest BCUT2D eigenvalue weighted by Crippen LogP contribution is -2.68. The molecule has 0 bridgehead atoms. The van der Waals surface area contributed by atoms with Crippen molar-refractivity contribution in [3.05, 3.63) is 76.6 Å². The standard InChI is InChI=1S/C34H48N6O7Si/c1-32(2,3)34(28(47-48(7,8)33(4,5)6)22-46-27-12-10-9-11-13-27)19-18-26(39(34)31(42)43)20-24-14-16-25(17-15-24)36-29(41)21-38-23-35-30(37-38)40(44)45/h9-17,23,26,28H,18-22H2,1-8H3,(H,36,41)(H,42,43)/t26-,28+,34-/m0/s1. The largest absolute Gasteiger partial charge is 0.491 e. The van der Waals surface area contributed by atoms with E-state index in [1.54, 1.807) is 17.0 Å². The number of hydrogen-bond donors (Lipinski definition) is 2. The molecule has 1 saturated heterocycles. The average Bonchev–Trinajstić information content (AvgIpc) is 3.62. The summed E-state index contributed by atoms with van der Waals surface area (Å²) in [5.41, 5.74) is 0.0809. The minimum Gasteiger partial charge on any atom is -0.491 e. The molecule has 2 aromatic carbocycles. The van der Waals surface area contributed by atoms with E-state index in [-0.39, 0.29) is 24.2 Å². The first-order valence-electron chi connectivity index (χ1n) is 16.1. The van der Waals surface area contributed by atoms with E-state index < -0.39 is 48.2 Å². The van der Waals surface area contributed by atoms with Crippen LogP contribution in [0.25, 0.3) is 0 Å². The number of anilines is 1. The zero-order valence-corrected chi connectivity index (χ0v) is 30.1. The average molecular weight is 681 g/mol. The lowest BCUT2D eigenvalue weighted by atomic mass is 9.68. The summed E-state index contributed by atoms with van der Waals surface area (Å²) >= 11 is 0. The highest BCUT2D eigenvalue weighted by molar-refractivity contribution is 6.74. The second kappa shape index (κ2) is 14.0. The number of likely N-dealkylation sites (tertiary alicyclic amines) is 1. The molecule has 260 valence electrons. The predicted molar refractivity (Wildman–Crippen MR) is 185 cm³/mol. The highest BCUT2D eigenvalue weighted by Crippen LogP contribution is 2.52. The van der Waals surface area contributed by atoms with E-state index in [1.165, 1.54) is 0 Å². The molecule has 2 heterocycles. The molecule has 2 amide bonds. The summed E-state index contributed by atoms with van der Waals surface area (Å²) in [7, 11) is -2.38. The molecule has 0 aliphatic carbocycles. The third-order valence-corrected chi connectivity index (χ3v) is 14.3. The molecule has 3 aromatic rings. The van der Waals surface area contributed by atoms with Crippen LogP contribution < -0.4 is 10.1 Å². The molecule has 2 N–H and O–H groups in total. The predicted octanol–water partition coefficient (Wildman–Crippen LogP) is 6.76. The van der Waals surface area contributed by atoms with Crippen LogP contribution >= 0.6 is 0 Å². The number of aromatic nitrogens is 3. The number of ether oxygens (including phenoxy) is 1. The van der Waals surface area contributed by atoms with E-state index in [1.807, 2.05) is 42.5 Å². The Morgan fingerprint density at radius 2 is 1.75 bits per heavy atom. The van der Waals surface area contributed by atoms with Crippen molar-refractivity contribution in [2.45, 2.75) is 103 Å². The van der Waals surface area contributed by atoms with Gasteiger partial charge in [0.1, 0.15) is 25.0 Å². The molecule has 13 nitrogen and oxygen atoms in total. The maximum atomic E-state index is 13.3. The first-order valence-corrected chi connectivity index (χ1v) is 19.1. The molecule has 1 aromatic heterocycles. The second-order valence-corrected chi connectivity index (χ2v) is 19.7. The van der Waals surface area contributed by atoms with Crippen LogP contribution in [0, 0.1) is 15.5 Å². The number of amides is 2. The molecular formula is C34H48N6O7Si. The normalized spacial score (nSPS) is 19.2. The third-order valence-electron chi connectivity index (χ3n) is 9.78. The quantitative estimate of drug-likeness (QED) is 0.120. The summed E-state index contributed by atoms with van der Waals surface area (Å²) in [6, 6.07) is 16.5. The van der Waals surface area contributed by atoms with Crippen molar-refractivity contribution in [3.8, 4) is 5.75 Å². The van der Waals surface area contributed by atoms with Crippen LogP contribution in [0.3, 0.4) is 0 Å². The van der Waals surface area contributed by atoms with Gasteiger partial charge in [-0.3, -0.25) is 9.69 Å². The van der Waals surface area contributed by atoms with Crippen molar-refractivity contribution in [1.29, 1.82) is 0 Å². The Morgan fingerprint density at radius 3 is 2.29 bits per heavy atom. The summed E-state index contributed by atoms with van der Waals surface area (Å²) < 4.78 is 14.6. The van der Waals surface area contributed by atoms with Crippen LogP contribution in [0.4, 0.5) is 16.4 Å². The van der Waals surface area contributed by atoms with Gasteiger partial charge in [-0.05, 0) is 77.6 Å². The molecule has 0 radical (unpaired) electrons. The number of nitrogens with one attached hydrogen (secondary N) is 1. The van der Waals surface area contributed by atoms with Gasteiger partial charge in [-0.2, -0.15) is 4.68 Å². The number of carbonyl (C=O) groups excluding carboxylic acids is 1. The van der Waals surface area contributed by atoms with Gasteiger partial charge in [0.25, 0.3) is 0 Å². The van der Waals surface area contributed by atoms with Crippen LogP contribution in [0.2, 0.25) is 18.1 Å². The molecule has 0 spiro atoms. The molecule has 1 aliphatic rings. The molecule has 1 aliphatic heterocycles. The lowest BCUT2D eigenvalue weighted by molar-refractivity contribution is -0.394. The fourth-order valence-electron chi connectivity index (χ4n) is 6.30. The Hall–Kier alpha value is -4.30. The molecule has 0 saturated carbocycles. The highest BCUT2D eigenvalue weighted by Gasteiger charge is 2.61. The van der Waals surface area contributed by atoms with E-state index in [0.717, 1.165) is 16.6 Å². The summed E-state index contributed by atoms with van der Waals surface area (Å²) in [5, 5.41) is 28.0. The van der Waals surface area contributed by atoms with E-state index in [0.29, 0.717) is 30.7 Å². The number of benzene rings is 2. The molecule has 14 heteroatoms. The van der Waals surface area contributed by atoms with Crippen molar-refractivity contribution in [1.82, 2.24) is 19.7 Å².